The highest BCUT2D eigenvalue weighted by Gasteiger charge is 2.17. The van der Waals surface area contributed by atoms with Gasteiger partial charge in [-0.05, 0) is 49.4 Å². The monoisotopic (exact) mass is 336 g/mol. The number of amides is 1. The molecule has 0 aliphatic carbocycles. The van der Waals surface area contributed by atoms with Crippen molar-refractivity contribution in [1.29, 1.82) is 0 Å². The van der Waals surface area contributed by atoms with Gasteiger partial charge in [0.15, 0.2) is 0 Å². The van der Waals surface area contributed by atoms with Crippen LogP contribution >= 0.6 is 23.7 Å². The van der Waals surface area contributed by atoms with E-state index >= 15 is 0 Å². The van der Waals surface area contributed by atoms with Gasteiger partial charge in [-0.3, -0.25) is 4.79 Å². The lowest BCUT2D eigenvalue weighted by Crippen LogP contribution is -2.30. The number of piperidine rings is 1. The van der Waals surface area contributed by atoms with Crippen molar-refractivity contribution in [2.45, 2.75) is 19.3 Å². The summed E-state index contributed by atoms with van der Waals surface area (Å²) in [6, 6.07) is 12.1. The maximum Gasteiger partial charge on any atom is 0.224 e. The quantitative estimate of drug-likeness (QED) is 0.880. The fourth-order valence-electron chi connectivity index (χ4n) is 2.79. The van der Waals surface area contributed by atoms with E-state index in [1.165, 1.54) is 4.88 Å². The molecule has 0 unspecified atom stereocenters. The molecule has 0 radical (unpaired) electrons. The molecule has 1 aromatic heterocycles. The molecule has 2 aromatic rings. The molecule has 2 heterocycles. The Labute approximate surface area is 141 Å². The number of hydrogen-bond donors (Lipinski definition) is 2. The number of carbonyl (C=O) groups is 1. The second-order valence-corrected chi connectivity index (χ2v) is 6.42. The number of hydrogen-bond acceptors (Lipinski definition) is 3. The lowest BCUT2D eigenvalue weighted by molar-refractivity contribution is -0.117. The van der Waals surface area contributed by atoms with Crippen LogP contribution in [0.2, 0.25) is 0 Å². The summed E-state index contributed by atoms with van der Waals surface area (Å²) in [5.74, 6) is 0.644. The Balaban J connectivity index is 0.00000176. The van der Waals surface area contributed by atoms with Gasteiger partial charge in [0.2, 0.25) is 5.91 Å². The van der Waals surface area contributed by atoms with E-state index in [1.807, 2.05) is 24.3 Å². The molecule has 1 aromatic carbocycles. The molecule has 1 aliphatic heterocycles. The van der Waals surface area contributed by atoms with Gasteiger partial charge in [0.1, 0.15) is 0 Å². The van der Waals surface area contributed by atoms with Gasteiger partial charge in [-0.1, -0.05) is 24.3 Å². The van der Waals surface area contributed by atoms with Gasteiger partial charge in [0.05, 0.1) is 0 Å². The summed E-state index contributed by atoms with van der Waals surface area (Å²) in [6.07, 6.45) is 2.82. The normalized spacial score (nSPS) is 15.1. The molecule has 1 fully saturated rings. The Kier molecular flexibility index (Phi) is 6.43. The summed E-state index contributed by atoms with van der Waals surface area (Å²) in [4.78, 5) is 13.5. The van der Waals surface area contributed by atoms with Crippen molar-refractivity contribution in [2.24, 2.45) is 5.92 Å². The maximum atomic E-state index is 12.3. The summed E-state index contributed by atoms with van der Waals surface area (Å²) >= 11 is 1.69. The van der Waals surface area contributed by atoms with Crippen LogP contribution in [0.15, 0.2) is 41.8 Å². The third-order valence-electron chi connectivity index (χ3n) is 3.92. The average Bonchev–Trinajstić information content (AvgIpc) is 3.03. The van der Waals surface area contributed by atoms with Gasteiger partial charge in [0, 0.05) is 22.5 Å². The zero-order valence-electron chi connectivity index (χ0n) is 12.4. The number of thiophene rings is 1. The Morgan fingerprint density at radius 3 is 2.68 bits per heavy atom. The molecule has 118 valence electrons. The molecule has 3 rings (SSSR count). The lowest BCUT2D eigenvalue weighted by atomic mass is 9.94. The van der Waals surface area contributed by atoms with Crippen molar-refractivity contribution < 1.29 is 4.79 Å². The van der Waals surface area contributed by atoms with E-state index in [2.05, 4.69) is 28.1 Å². The molecule has 3 nitrogen and oxygen atoms in total. The first kappa shape index (κ1) is 17.0. The van der Waals surface area contributed by atoms with Crippen molar-refractivity contribution in [3.8, 4) is 10.4 Å². The molecule has 1 saturated heterocycles. The molecule has 0 bridgehead atoms. The van der Waals surface area contributed by atoms with E-state index in [0.717, 1.165) is 37.2 Å². The fraction of sp³-hybridized carbons (Fsp3) is 0.353. The lowest BCUT2D eigenvalue weighted by Gasteiger charge is -2.22. The third kappa shape index (κ3) is 4.32. The number of para-hydroxylation sites is 1. The number of nitrogens with one attached hydrogen (secondary N) is 2. The Morgan fingerprint density at radius 1 is 1.18 bits per heavy atom. The largest absolute Gasteiger partial charge is 0.325 e. The molecule has 5 heteroatoms. The molecular formula is C17H21ClN2OS. The van der Waals surface area contributed by atoms with E-state index in [0.29, 0.717) is 12.3 Å². The smallest absolute Gasteiger partial charge is 0.224 e. The number of carbonyl (C=O) groups excluding carboxylic acids is 1. The van der Waals surface area contributed by atoms with Crippen molar-refractivity contribution in [2.75, 3.05) is 18.4 Å². The number of benzene rings is 1. The average molecular weight is 337 g/mol. The van der Waals surface area contributed by atoms with E-state index in [9.17, 15) is 4.79 Å². The van der Waals surface area contributed by atoms with Gasteiger partial charge >= 0.3 is 0 Å². The standard InChI is InChI=1S/C17H20N2OS.ClH/c20-17(12-13-7-9-18-10-8-13)19-15-5-2-1-4-14(15)16-6-3-11-21-16;/h1-6,11,13,18H,7-10,12H2,(H,19,20);1H. The van der Waals surface area contributed by atoms with Crippen LogP contribution < -0.4 is 10.6 Å². The number of halogens is 1. The Bertz CT molecular complexity index is 594. The van der Waals surface area contributed by atoms with Crippen molar-refractivity contribution in [3.05, 3.63) is 41.8 Å². The SMILES string of the molecule is Cl.O=C(CC1CCNCC1)Nc1ccccc1-c1cccs1. The highest BCUT2D eigenvalue weighted by molar-refractivity contribution is 7.13. The highest BCUT2D eigenvalue weighted by Crippen LogP contribution is 2.31. The first-order chi connectivity index (χ1) is 10.3. The van der Waals surface area contributed by atoms with Crippen LogP contribution in [0.4, 0.5) is 5.69 Å². The van der Waals surface area contributed by atoms with E-state index in [1.54, 1.807) is 11.3 Å². The number of anilines is 1. The second-order valence-electron chi connectivity index (χ2n) is 5.47. The van der Waals surface area contributed by atoms with Gasteiger partial charge in [-0.15, -0.1) is 23.7 Å². The molecule has 0 saturated carbocycles. The van der Waals surface area contributed by atoms with Gasteiger partial charge in [-0.2, -0.15) is 0 Å². The minimum Gasteiger partial charge on any atom is -0.325 e. The fourth-order valence-corrected chi connectivity index (χ4v) is 3.55. The van der Waals surface area contributed by atoms with Gasteiger partial charge < -0.3 is 10.6 Å². The summed E-state index contributed by atoms with van der Waals surface area (Å²) in [5, 5.41) is 8.49. The Hall–Kier alpha value is -1.36. The maximum absolute atomic E-state index is 12.3. The van der Waals surface area contributed by atoms with Crippen molar-refractivity contribution in [1.82, 2.24) is 5.32 Å². The van der Waals surface area contributed by atoms with E-state index in [-0.39, 0.29) is 18.3 Å². The third-order valence-corrected chi connectivity index (χ3v) is 4.82. The zero-order valence-corrected chi connectivity index (χ0v) is 14.0. The van der Waals surface area contributed by atoms with Crippen LogP contribution in [0.1, 0.15) is 19.3 Å². The molecule has 0 spiro atoms. The second kappa shape index (κ2) is 8.32. The van der Waals surface area contributed by atoms with Crippen LogP contribution in [-0.4, -0.2) is 19.0 Å². The molecule has 1 amide bonds. The zero-order chi connectivity index (χ0) is 14.5. The Morgan fingerprint density at radius 2 is 1.95 bits per heavy atom. The minimum atomic E-state index is 0. The number of rotatable bonds is 4. The minimum absolute atomic E-state index is 0. The predicted molar refractivity (Wildman–Crippen MR) is 95.8 cm³/mol. The molecule has 1 aliphatic rings. The predicted octanol–water partition coefficient (Wildman–Crippen LogP) is 4.17. The first-order valence-corrected chi connectivity index (χ1v) is 8.34. The topological polar surface area (TPSA) is 41.1 Å². The molecule has 22 heavy (non-hydrogen) atoms. The summed E-state index contributed by atoms with van der Waals surface area (Å²) < 4.78 is 0. The van der Waals surface area contributed by atoms with Gasteiger partial charge in [-0.25, -0.2) is 0 Å². The van der Waals surface area contributed by atoms with E-state index in [4.69, 9.17) is 0 Å². The molecular weight excluding hydrogens is 316 g/mol. The summed E-state index contributed by atoms with van der Waals surface area (Å²) in [5.41, 5.74) is 2.02. The van der Waals surface area contributed by atoms with Crippen molar-refractivity contribution in [3.63, 3.8) is 0 Å². The van der Waals surface area contributed by atoms with Crippen LogP contribution in [0, 0.1) is 5.92 Å². The van der Waals surface area contributed by atoms with Crippen molar-refractivity contribution >= 4 is 35.3 Å². The summed E-state index contributed by atoms with van der Waals surface area (Å²) in [6.45, 7) is 2.06. The first-order valence-electron chi connectivity index (χ1n) is 7.46. The van der Waals surface area contributed by atoms with Crippen LogP contribution in [0.3, 0.4) is 0 Å². The summed E-state index contributed by atoms with van der Waals surface area (Å²) in [7, 11) is 0. The van der Waals surface area contributed by atoms with Gasteiger partial charge in [0.25, 0.3) is 0 Å². The van der Waals surface area contributed by atoms with Crippen LogP contribution in [0.5, 0.6) is 0 Å². The van der Waals surface area contributed by atoms with E-state index < -0.39 is 0 Å². The van der Waals surface area contributed by atoms with Crippen LogP contribution in [0.25, 0.3) is 10.4 Å². The molecule has 2 N–H and O–H groups in total. The highest BCUT2D eigenvalue weighted by atomic mass is 35.5. The van der Waals surface area contributed by atoms with Crippen LogP contribution in [-0.2, 0) is 4.79 Å². The molecule has 0 atom stereocenters.